The Balaban J connectivity index is 4.45. The summed E-state index contributed by atoms with van der Waals surface area (Å²) >= 11 is 0. The van der Waals surface area contributed by atoms with E-state index in [0.29, 0.717) is 12.8 Å². The number of hydrogen-bond acceptors (Lipinski definition) is 11. The third-order valence-electron chi connectivity index (χ3n) is 18.0. The van der Waals surface area contributed by atoms with E-state index >= 15 is 19.2 Å². The summed E-state index contributed by atoms with van der Waals surface area (Å²) in [5.74, 6) is -1.77. The highest BCUT2D eigenvalue weighted by Crippen LogP contribution is 2.53. The summed E-state index contributed by atoms with van der Waals surface area (Å²) in [5.41, 5.74) is -6.13. The van der Waals surface area contributed by atoms with Gasteiger partial charge in [0.2, 0.25) is 0 Å². The first-order valence-corrected chi connectivity index (χ1v) is 32.7. The van der Waals surface area contributed by atoms with Crippen LogP contribution in [0.25, 0.3) is 0 Å². The molecule has 80 heavy (non-hydrogen) atoms. The Bertz CT molecular complexity index is 1870. The molecule has 0 saturated heterocycles. The van der Waals surface area contributed by atoms with E-state index in [0.717, 1.165) is 134 Å². The number of aromatic nitrogens is 1. The molecule has 11 heteroatoms. The third-order valence-corrected chi connectivity index (χ3v) is 18.0. The van der Waals surface area contributed by atoms with Crippen molar-refractivity contribution < 1.29 is 47.7 Å². The van der Waals surface area contributed by atoms with Crippen molar-refractivity contribution in [2.24, 2.45) is 56.7 Å². The van der Waals surface area contributed by atoms with E-state index in [1.807, 2.05) is 59.7 Å². The van der Waals surface area contributed by atoms with Gasteiger partial charge < -0.3 is 23.7 Å². The van der Waals surface area contributed by atoms with Crippen LogP contribution in [0.5, 0.6) is 0 Å². The van der Waals surface area contributed by atoms with Gasteiger partial charge in [-0.3, -0.25) is 29.0 Å². The monoisotopic (exact) mass is 1130 g/mol. The van der Waals surface area contributed by atoms with Crippen molar-refractivity contribution in [3.63, 3.8) is 0 Å². The number of unbranched alkanes of at least 4 members (excludes halogenated alkanes) is 5. The molecule has 0 amide bonds. The molecule has 0 radical (unpaired) electrons. The molecule has 0 fully saturated rings. The van der Waals surface area contributed by atoms with E-state index in [1.54, 1.807) is 6.20 Å². The Kier molecular flexibility index (Phi) is 36.4. The van der Waals surface area contributed by atoms with Gasteiger partial charge in [0, 0.05) is 17.8 Å². The number of carbonyl (C=O) groups is 5. The van der Waals surface area contributed by atoms with Gasteiger partial charge in [-0.2, -0.15) is 0 Å². The number of carbonyl (C=O) groups excluding carboxylic acids is 5. The lowest BCUT2D eigenvalue weighted by molar-refractivity contribution is -0.176. The summed E-state index contributed by atoms with van der Waals surface area (Å²) in [6.45, 7) is 35.6. The van der Waals surface area contributed by atoms with E-state index in [1.165, 1.54) is 0 Å². The zero-order chi connectivity index (χ0) is 60.4. The minimum absolute atomic E-state index is 0.00577. The minimum atomic E-state index is -1.56. The summed E-state index contributed by atoms with van der Waals surface area (Å²) in [5, 5.41) is 0. The van der Waals surface area contributed by atoms with E-state index in [-0.39, 0.29) is 94.2 Å². The maximum absolute atomic E-state index is 15.7. The number of rotatable bonds is 47. The van der Waals surface area contributed by atoms with Crippen molar-refractivity contribution in [2.75, 3.05) is 33.0 Å². The second kappa shape index (κ2) is 39.1. The lowest BCUT2D eigenvalue weighted by Crippen LogP contribution is -2.49. The van der Waals surface area contributed by atoms with Crippen LogP contribution in [0.2, 0.25) is 0 Å². The molecule has 11 nitrogen and oxygen atoms in total. The SMILES string of the molecule is CCCCC(CC)COC(=O)C(C)(C)CC(C)(CC(C)(CC(C)(CC(C)(CC(CC)c1ccccn1)C(=O)OCC(CC)CCCC)C(=O)OCC(CC)CCCC)C(=O)OCC(CC)CCCC)C(=O)OCC(CC)CCCC. The van der Waals surface area contributed by atoms with Gasteiger partial charge in [0.05, 0.1) is 60.1 Å². The Hall–Kier alpha value is -3.50. The van der Waals surface area contributed by atoms with Crippen molar-refractivity contribution >= 4 is 29.8 Å². The van der Waals surface area contributed by atoms with Gasteiger partial charge in [0.1, 0.15) is 0 Å². The summed E-state index contributed by atoms with van der Waals surface area (Å²) < 4.78 is 32.0. The molecular weight excluding hydrogens is 1000 g/mol. The van der Waals surface area contributed by atoms with E-state index in [4.69, 9.17) is 28.7 Å². The molecule has 10 unspecified atom stereocenters. The molecule has 0 aliphatic rings. The van der Waals surface area contributed by atoms with Crippen LogP contribution in [-0.2, 0) is 47.7 Å². The van der Waals surface area contributed by atoms with Crippen LogP contribution in [0.1, 0.15) is 296 Å². The minimum Gasteiger partial charge on any atom is -0.465 e. The van der Waals surface area contributed by atoms with Gasteiger partial charge in [0.25, 0.3) is 0 Å². The van der Waals surface area contributed by atoms with Crippen LogP contribution in [0, 0.1) is 56.7 Å². The summed E-state index contributed by atoms with van der Waals surface area (Å²) in [6.07, 6.45) is 21.5. The van der Waals surface area contributed by atoms with Crippen molar-refractivity contribution in [2.45, 2.75) is 291 Å². The average Bonchev–Trinajstić information content (AvgIpc) is 3.44. The molecule has 0 spiro atoms. The number of hydrogen-bond donors (Lipinski definition) is 0. The lowest BCUT2D eigenvalue weighted by Gasteiger charge is -2.45. The van der Waals surface area contributed by atoms with Crippen LogP contribution >= 0.6 is 0 Å². The molecule has 1 aromatic heterocycles. The maximum Gasteiger partial charge on any atom is 0.311 e. The second-order valence-electron chi connectivity index (χ2n) is 26.5. The molecule has 1 rings (SSSR count). The number of pyridine rings is 1. The normalized spacial score (nSPS) is 17.2. The molecule has 0 aliphatic carbocycles. The van der Waals surface area contributed by atoms with Crippen molar-refractivity contribution in [3.8, 4) is 0 Å². The van der Waals surface area contributed by atoms with Gasteiger partial charge in [-0.25, -0.2) is 0 Å². The fraction of sp³-hybridized carbons (Fsp3) is 0.855. The molecule has 0 N–H and O–H groups in total. The van der Waals surface area contributed by atoms with Crippen LogP contribution < -0.4 is 0 Å². The third kappa shape index (κ3) is 26.0. The first kappa shape index (κ1) is 74.5. The molecule has 1 aromatic rings. The van der Waals surface area contributed by atoms with E-state index in [9.17, 15) is 4.79 Å². The van der Waals surface area contributed by atoms with Gasteiger partial charge in [-0.15, -0.1) is 0 Å². The van der Waals surface area contributed by atoms with Crippen LogP contribution in [-0.4, -0.2) is 67.9 Å². The van der Waals surface area contributed by atoms with Crippen LogP contribution in [0.4, 0.5) is 0 Å². The van der Waals surface area contributed by atoms with Crippen molar-refractivity contribution in [1.82, 2.24) is 4.98 Å². The first-order valence-electron chi connectivity index (χ1n) is 32.7. The van der Waals surface area contributed by atoms with Crippen LogP contribution in [0.15, 0.2) is 24.4 Å². The first-order chi connectivity index (χ1) is 37.9. The quantitative estimate of drug-likeness (QED) is 0.0454. The molecular formula is C69H123NO10. The molecule has 10 atom stereocenters. The summed E-state index contributed by atoms with van der Waals surface area (Å²) in [4.78, 5) is 81.3. The number of ether oxygens (including phenoxy) is 5. The summed E-state index contributed by atoms with van der Waals surface area (Å²) in [7, 11) is 0. The van der Waals surface area contributed by atoms with Gasteiger partial charge in [-0.05, 0) is 154 Å². The maximum atomic E-state index is 15.7. The molecule has 0 aliphatic heterocycles. The Morgan fingerprint density at radius 2 is 0.675 bits per heavy atom. The Morgan fingerprint density at radius 3 is 0.950 bits per heavy atom. The lowest BCUT2D eigenvalue weighted by atomic mass is 9.59. The molecule has 1 heterocycles. The zero-order valence-electron chi connectivity index (χ0n) is 54.7. The van der Waals surface area contributed by atoms with E-state index in [2.05, 4.69) is 76.2 Å². The number of nitrogens with zero attached hydrogens (tertiary/aromatic N) is 1. The molecule has 0 bridgehead atoms. The average molecular weight is 1130 g/mol. The van der Waals surface area contributed by atoms with Gasteiger partial charge >= 0.3 is 29.8 Å². The fourth-order valence-corrected chi connectivity index (χ4v) is 12.4. The molecule has 464 valence electrons. The molecule has 0 aromatic carbocycles. The highest BCUT2D eigenvalue weighted by atomic mass is 16.6. The van der Waals surface area contributed by atoms with Gasteiger partial charge in [-0.1, -0.05) is 179 Å². The zero-order valence-corrected chi connectivity index (χ0v) is 54.7. The standard InChI is InChI=1S/C69H123NO10/c1-18-29-36-53(23-6)44-76-60(71)65(12,13)49-67(15,62(73)78-46-55(25-8)38-31-20-3)51-69(17,64(75)80-48-57(27-10)40-33-22-5)52-68(16,63(74)79-47-56(26-9)39-32-21-4)50-66(14,43-58(28-11)59-41-34-35-42-70-59)61(72)77-45-54(24-7)37-30-19-2/h34-35,41-42,53-58H,18-33,36-40,43-52H2,1-17H3. The van der Waals surface area contributed by atoms with E-state index < -0.39 is 56.9 Å². The topological polar surface area (TPSA) is 144 Å². The highest BCUT2D eigenvalue weighted by Gasteiger charge is 2.56. The van der Waals surface area contributed by atoms with Gasteiger partial charge in [0.15, 0.2) is 0 Å². The largest absolute Gasteiger partial charge is 0.465 e. The van der Waals surface area contributed by atoms with Crippen molar-refractivity contribution in [3.05, 3.63) is 30.1 Å². The smallest absolute Gasteiger partial charge is 0.311 e. The number of esters is 5. The Morgan fingerprint density at radius 1 is 0.388 bits per heavy atom. The van der Waals surface area contributed by atoms with Crippen LogP contribution in [0.3, 0.4) is 0 Å². The fourth-order valence-electron chi connectivity index (χ4n) is 12.4. The predicted octanol–water partition coefficient (Wildman–Crippen LogP) is 18.4. The second-order valence-corrected chi connectivity index (χ2v) is 26.5. The predicted molar refractivity (Wildman–Crippen MR) is 328 cm³/mol. The summed E-state index contributed by atoms with van der Waals surface area (Å²) in [6, 6.07) is 5.83. The van der Waals surface area contributed by atoms with Crippen molar-refractivity contribution in [1.29, 1.82) is 0 Å². The highest BCUT2D eigenvalue weighted by molar-refractivity contribution is 5.85. The Labute approximate surface area is 490 Å². The molecule has 0 saturated carbocycles.